The van der Waals surface area contributed by atoms with Crippen molar-refractivity contribution in [1.29, 1.82) is 0 Å². The maximum Gasteiger partial charge on any atom is 0.222 e. The molecule has 0 radical (unpaired) electrons. The number of rotatable bonds is 2. The maximum atomic E-state index is 10.5. The summed E-state index contributed by atoms with van der Waals surface area (Å²) in [5, 5.41) is 2.70. The molecule has 0 aromatic carbocycles. The van der Waals surface area contributed by atoms with E-state index >= 15 is 0 Å². The molecule has 1 rings (SSSR count). The normalized spacial score (nSPS) is 20.4. The molecule has 0 aliphatic carbocycles. The van der Waals surface area contributed by atoms with Gasteiger partial charge in [-0.1, -0.05) is 13.2 Å². The summed E-state index contributed by atoms with van der Waals surface area (Å²) in [5.41, 5.74) is 6.18. The molecular weight excluding hydrogens is 138 g/mol. The Balaban J connectivity index is 2.66. The molecule has 0 saturated carbocycles. The summed E-state index contributed by atoms with van der Waals surface area (Å²) < 4.78 is 0. The number of amides is 1. The lowest BCUT2D eigenvalue weighted by Crippen LogP contribution is -2.49. The molecule has 1 saturated heterocycles. The Kier molecular flexibility index (Phi) is 2.12. The molecular formula is C9H9NO. The van der Waals surface area contributed by atoms with Crippen LogP contribution in [0, 0.1) is 0 Å². The Hall–Kier alpha value is -1.49. The van der Waals surface area contributed by atoms with Gasteiger partial charge < -0.3 is 5.32 Å². The van der Waals surface area contributed by atoms with Crippen molar-refractivity contribution >= 4 is 5.91 Å². The minimum atomic E-state index is 0.0696. The van der Waals surface area contributed by atoms with Gasteiger partial charge in [-0.3, -0.25) is 4.79 Å². The first-order valence-corrected chi connectivity index (χ1v) is 3.33. The van der Waals surface area contributed by atoms with Crippen molar-refractivity contribution in [3.8, 4) is 0 Å². The Morgan fingerprint density at radius 2 is 2.36 bits per heavy atom. The minimum Gasteiger partial charge on any atom is -0.348 e. The van der Waals surface area contributed by atoms with Gasteiger partial charge in [0, 0.05) is 5.57 Å². The third-order valence-electron chi connectivity index (χ3n) is 1.56. The van der Waals surface area contributed by atoms with E-state index in [0.717, 1.165) is 5.57 Å². The zero-order chi connectivity index (χ0) is 8.27. The first-order valence-electron chi connectivity index (χ1n) is 3.33. The quantitative estimate of drug-likeness (QED) is 0.351. The van der Waals surface area contributed by atoms with E-state index in [1.807, 2.05) is 0 Å². The van der Waals surface area contributed by atoms with Crippen molar-refractivity contribution in [2.75, 3.05) is 0 Å². The predicted molar refractivity (Wildman–Crippen MR) is 42.9 cm³/mol. The number of hydrogen-bond acceptors (Lipinski definition) is 1. The highest BCUT2D eigenvalue weighted by atomic mass is 16.2. The van der Waals surface area contributed by atoms with E-state index in [1.165, 1.54) is 0 Å². The van der Waals surface area contributed by atoms with Crippen LogP contribution in [0.2, 0.25) is 0 Å². The van der Waals surface area contributed by atoms with Crippen molar-refractivity contribution in [1.82, 2.24) is 5.32 Å². The van der Waals surface area contributed by atoms with Gasteiger partial charge in [-0.25, -0.2) is 0 Å². The average Bonchev–Trinajstić information content (AvgIpc) is 1.95. The van der Waals surface area contributed by atoms with E-state index in [1.54, 1.807) is 6.08 Å². The number of nitrogens with one attached hydrogen (secondary N) is 1. The molecule has 1 N–H and O–H groups in total. The van der Waals surface area contributed by atoms with E-state index in [0.29, 0.717) is 6.42 Å². The van der Waals surface area contributed by atoms with Crippen molar-refractivity contribution in [3.05, 3.63) is 36.3 Å². The van der Waals surface area contributed by atoms with Crippen LogP contribution in [0.25, 0.3) is 0 Å². The lowest BCUT2D eigenvalue weighted by Gasteiger charge is -2.26. The first-order chi connectivity index (χ1) is 5.27. The fourth-order valence-corrected chi connectivity index (χ4v) is 0.931. The van der Waals surface area contributed by atoms with E-state index < -0.39 is 0 Å². The topological polar surface area (TPSA) is 29.1 Å². The maximum absolute atomic E-state index is 10.5. The van der Waals surface area contributed by atoms with Gasteiger partial charge in [-0.2, -0.15) is 0 Å². The summed E-state index contributed by atoms with van der Waals surface area (Å²) in [7, 11) is 0. The summed E-state index contributed by atoms with van der Waals surface area (Å²) in [5.74, 6) is 0.0696. The van der Waals surface area contributed by atoms with Gasteiger partial charge >= 0.3 is 0 Å². The Labute approximate surface area is 65.6 Å². The molecule has 2 heteroatoms. The van der Waals surface area contributed by atoms with Crippen LogP contribution in [0.4, 0.5) is 0 Å². The highest BCUT2D eigenvalue weighted by Crippen LogP contribution is 2.13. The molecule has 1 aliphatic heterocycles. The average molecular weight is 147 g/mol. The summed E-state index contributed by atoms with van der Waals surface area (Å²) in [6.07, 6.45) is 2.20. The van der Waals surface area contributed by atoms with Crippen LogP contribution < -0.4 is 5.32 Å². The summed E-state index contributed by atoms with van der Waals surface area (Å²) in [6, 6.07) is 0.0780. The van der Waals surface area contributed by atoms with Gasteiger partial charge in [0.1, 0.15) is 0 Å². The molecule has 0 spiro atoms. The molecule has 1 aliphatic rings. The van der Waals surface area contributed by atoms with Gasteiger partial charge in [0.05, 0.1) is 12.5 Å². The largest absolute Gasteiger partial charge is 0.348 e. The van der Waals surface area contributed by atoms with Crippen LogP contribution in [0.1, 0.15) is 6.42 Å². The third-order valence-corrected chi connectivity index (χ3v) is 1.56. The van der Waals surface area contributed by atoms with Gasteiger partial charge in [0.25, 0.3) is 0 Å². The predicted octanol–water partition coefficient (Wildman–Crippen LogP) is 0.927. The highest BCUT2D eigenvalue weighted by molar-refractivity contribution is 5.84. The van der Waals surface area contributed by atoms with Crippen LogP contribution in [0.3, 0.4) is 0 Å². The second kappa shape index (κ2) is 3.07. The molecule has 0 aromatic heterocycles. The number of β-lactam (4-membered cyclic amide) rings is 1. The van der Waals surface area contributed by atoms with Gasteiger partial charge in [0.2, 0.25) is 5.91 Å². The lowest BCUT2D eigenvalue weighted by molar-refractivity contribution is -0.127. The number of carbonyl (C=O) groups is 1. The van der Waals surface area contributed by atoms with Crippen LogP contribution in [-0.4, -0.2) is 11.9 Å². The van der Waals surface area contributed by atoms with Crippen molar-refractivity contribution in [2.24, 2.45) is 0 Å². The second-order valence-corrected chi connectivity index (χ2v) is 2.30. The van der Waals surface area contributed by atoms with Crippen LogP contribution >= 0.6 is 0 Å². The molecule has 2 nitrogen and oxygen atoms in total. The summed E-state index contributed by atoms with van der Waals surface area (Å²) in [4.78, 5) is 10.5. The molecule has 0 bridgehead atoms. The zero-order valence-electron chi connectivity index (χ0n) is 6.18. The number of hydrogen-bond donors (Lipinski definition) is 1. The van der Waals surface area contributed by atoms with Crippen LogP contribution in [-0.2, 0) is 4.79 Å². The van der Waals surface area contributed by atoms with Crippen molar-refractivity contribution in [3.63, 3.8) is 0 Å². The lowest BCUT2D eigenvalue weighted by atomic mass is 9.98. The Bertz CT molecular complexity index is 270. The summed E-state index contributed by atoms with van der Waals surface area (Å²) in [6.45, 7) is 6.92. The van der Waals surface area contributed by atoms with E-state index in [4.69, 9.17) is 0 Å². The van der Waals surface area contributed by atoms with Gasteiger partial charge in [-0.15, -0.1) is 11.5 Å². The zero-order valence-corrected chi connectivity index (χ0v) is 6.18. The number of carbonyl (C=O) groups excluding carboxylic acids is 1. The highest BCUT2D eigenvalue weighted by Gasteiger charge is 2.26. The SMILES string of the molecule is C=C=CC(=C=C)C1CC(=O)N1. The molecule has 1 atom stereocenters. The fourth-order valence-electron chi connectivity index (χ4n) is 0.931. The molecule has 1 heterocycles. The Morgan fingerprint density at radius 3 is 2.73 bits per heavy atom. The molecule has 1 fully saturated rings. The van der Waals surface area contributed by atoms with Gasteiger partial charge in [-0.05, 0) is 6.08 Å². The monoisotopic (exact) mass is 147 g/mol. The molecule has 0 aromatic rings. The van der Waals surface area contributed by atoms with E-state index in [2.05, 4.69) is 29.9 Å². The first kappa shape index (κ1) is 7.62. The smallest absolute Gasteiger partial charge is 0.222 e. The van der Waals surface area contributed by atoms with Crippen LogP contribution in [0.15, 0.2) is 36.3 Å². The molecule has 1 amide bonds. The standard InChI is InChI=1S/C9H9NO/c1-3-5-7(4-2)8-6-9(11)10-8/h5,8H,1-2,6H2,(H,10,11). The van der Waals surface area contributed by atoms with Crippen molar-refractivity contribution < 1.29 is 4.79 Å². The molecule has 1 unspecified atom stereocenters. The summed E-state index contributed by atoms with van der Waals surface area (Å²) >= 11 is 0. The van der Waals surface area contributed by atoms with Crippen LogP contribution in [0.5, 0.6) is 0 Å². The van der Waals surface area contributed by atoms with E-state index in [-0.39, 0.29) is 11.9 Å². The fraction of sp³-hybridized carbons (Fsp3) is 0.222. The van der Waals surface area contributed by atoms with E-state index in [9.17, 15) is 4.79 Å². The second-order valence-electron chi connectivity index (χ2n) is 2.30. The van der Waals surface area contributed by atoms with Gasteiger partial charge in [0.15, 0.2) is 0 Å². The molecule has 11 heavy (non-hydrogen) atoms. The minimum absolute atomic E-state index is 0.0696. The van der Waals surface area contributed by atoms with Crippen molar-refractivity contribution in [2.45, 2.75) is 12.5 Å². The third kappa shape index (κ3) is 1.50. The Morgan fingerprint density at radius 1 is 1.73 bits per heavy atom. The molecule has 56 valence electrons.